The second kappa shape index (κ2) is 8.73. The zero-order valence-corrected chi connectivity index (χ0v) is 16.2. The predicted molar refractivity (Wildman–Crippen MR) is 104 cm³/mol. The van der Waals surface area contributed by atoms with Gasteiger partial charge in [-0.25, -0.2) is 0 Å². The number of thioether (sulfide) groups is 1. The maximum absolute atomic E-state index is 12.3. The van der Waals surface area contributed by atoms with Crippen LogP contribution in [0.4, 0.5) is 0 Å². The van der Waals surface area contributed by atoms with E-state index in [0.717, 1.165) is 6.42 Å². The molecule has 0 saturated heterocycles. The van der Waals surface area contributed by atoms with Gasteiger partial charge in [-0.05, 0) is 24.1 Å². The monoisotopic (exact) mass is 384 g/mol. The van der Waals surface area contributed by atoms with Crippen molar-refractivity contribution in [2.24, 2.45) is 0 Å². The molecule has 6 nitrogen and oxygen atoms in total. The quantitative estimate of drug-likeness (QED) is 0.423. The number of hydrogen-bond acceptors (Lipinski definition) is 7. The highest BCUT2D eigenvalue weighted by Gasteiger charge is 2.14. The highest BCUT2D eigenvalue weighted by molar-refractivity contribution is 7.99. The molecule has 27 heavy (non-hydrogen) atoms. The summed E-state index contributed by atoms with van der Waals surface area (Å²) in [6.45, 7) is 2.08. The fourth-order valence-corrected chi connectivity index (χ4v) is 3.11. The lowest BCUT2D eigenvalue weighted by Gasteiger charge is -2.05. The SMILES string of the molecule is CCc1ccc(C(=O)CSc2nnc(-c3cc(OC)cc(OC)c3)o2)cc1. The first-order valence-corrected chi connectivity index (χ1v) is 9.43. The van der Waals surface area contributed by atoms with Gasteiger partial charge in [0.15, 0.2) is 5.78 Å². The second-order valence-electron chi connectivity index (χ2n) is 5.74. The molecule has 0 aliphatic rings. The highest BCUT2D eigenvalue weighted by atomic mass is 32.2. The molecular formula is C20H20N2O4S. The van der Waals surface area contributed by atoms with Crippen LogP contribution in [0.2, 0.25) is 0 Å². The van der Waals surface area contributed by atoms with Crippen molar-refractivity contribution in [1.82, 2.24) is 10.2 Å². The lowest BCUT2D eigenvalue weighted by Crippen LogP contribution is -2.02. The molecule has 0 radical (unpaired) electrons. The Morgan fingerprint density at radius 2 is 1.70 bits per heavy atom. The van der Waals surface area contributed by atoms with E-state index in [0.29, 0.717) is 33.7 Å². The molecule has 2 aromatic carbocycles. The van der Waals surface area contributed by atoms with Crippen molar-refractivity contribution >= 4 is 17.5 Å². The van der Waals surface area contributed by atoms with Gasteiger partial charge in [-0.2, -0.15) is 0 Å². The zero-order valence-electron chi connectivity index (χ0n) is 15.4. The highest BCUT2D eigenvalue weighted by Crippen LogP contribution is 2.30. The fourth-order valence-electron chi connectivity index (χ4n) is 2.45. The number of ether oxygens (including phenoxy) is 2. The van der Waals surface area contributed by atoms with Crippen LogP contribution in [0.3, 0.4) is 0 Å². The van der Waals surface area contributed by atoms with Gasteiger partial charge in [-0.1, -0.05) is 43.0 Å². The summed E-state index contributed by atoms with van der Waals surface area (Å²) < 4.78 is 16.2. The molecule has 0 unspecified atom stereocenters. The molecule has 0 aliphatic carbocycles. The molecule has 0 fully saturated rings. The van der Waals surface area contributed by atoms with Crippen molar-refractivity contribution in [3.05, 3.63) is 53.6 Å². The Hall–Kier alpha value is -2.80. The van der Waals surface area contributed by atoms with E-state index in [4.69, 9.17) is 13.9 Å². The molecule has 0 atom stereocenters. The average molecular weight is 384 g/mol. The number of methoxy groups -OCH3 is 2. The van der Waals surface area contributed by atoms with E-state index in [2.05, 4.69) is 17.1 Å². The molecule has 0 bridgehead atoms. The van der Waals surface area contributed by atoms with Gasteiger partial charge in [0.2, 0.25) is 5.89 Å². The van der Waals surface area contributed by atoms with Crippen LogP contribution < -0.4 is 9.47 Å². The normalized spacial score (nSPS) is 10.6. The lowest BCUT2D eigenvalue weighted by atomic mass is 10.1. The number of ketones is 1. The number of hydrogen-bond donors (Lipinski definition) is 0. The van der Waals surface area contributed by atoms with Gasteiger partial charge in [-0.15, -0.1) is 10.2 Å². The minimum Gasteiger partial charge on any atom is -0.497 e. The molecule has 0 spiro atoms. The van der Waals surface area contributed by atoms with Crippen molar-refractivity contribution in [2.75, 3.05) is 20.0 Å². The van der Waals surface area contributed by atoms with E-state index in [1.807, 2.05) is 24.3 Å². The van der Waals surface area contributed by atoms with Crippen LogP contribution in [0.1, 0.15) is 22.8 Å². The molecule has 0 amide bonds. The number of Topliss-reactive ketones (excluding diaryl/α,β-unsaturated/α-hetero) is 1. The molecule has 3 aromatic rings. The molecule has 3 rings (SSSR count). The first-order chi connectivity index (χ1) is 13.1. The third-order valence-corrected chi connectivity index (χ3v) is 4.83. The number of rotatable bonds is 8. The fraction of sp³-hybridized carbons (Fsp3) is 0.250. The van der Waals surface area contributed by atoms with Crippen molar-refractivity contribution in [3.63, 3.8) is 0 Å². The summed E-state index contributed by atoms with van der Waals surface area (Å²) in [7, 11) is 3.15. The van der Waals surface area contributed by atoms with Crippen LogP contribution in [0, 0.1) is 0 Å². The summed E-state index contributed by atoms with van der Waals surface area (Å²) in [5.74, 6) is 1.85. The zero-order chi connectivity index (χ0) is 19.2. The number of aryl methyl sites for hydroxylation is 1. The van der Waals surface area contributed by atoms with Crippen LogP contribution in [-0.4, -0.2) is 36.0 Å². The van der Waals surface area contributed by atoms with E-state index in [-0.39, 0.29) is 11.5 Å². The van der Waals surface area contributed by atoms with Crippen LogP contribution in [0.5, 0.6) is 11.5 Å². The van der Waals surface area contributed by atoms with Gasteiger partial charge < -0.3 is 13.9 Å². The minimum absolute atomic E-state index is 0.0189. The first kappa shape index (κ1) is 19.0. The van der Waals surface area contributed by atoms with E-state index in [1.54, 1.807) is 32.4 Å². The van der Waals surface area contributed by atoms with Gasteiger partial charge in [-0.3, -0.25) is 4.79 Å². The largest absolute Gasteiger partial charge is 0.497 e. The van der Waals surface area contributed by atoms with Crippen LogP contribution in [0.25, 0.3) is 11.5 Å². The van der Waals surface area contributed by atoms with Crippen LogP contribution in [0.15, 0.2) is 52.1 Å². The predicted octanol–water partition coefficient (Wildman–Crippen LogP) is 4.29. The summed E-state index contributed by atoms with van der Waals surface area (Å²) in [5, 5.41) is 8.40. The summed E-state index contributed by atoms with van der Waals surface area (Å²) in [6.07, 6.45) is 0.947. The maximum Gasteiger partial charge on any atom is 0.277 e. The molecular weight excluding hydrogens is 364 g/mol. The van der Waals surface area contributed by atoms with Crippen LogP contribution >= 0.6 is 11.8 Å². The average Bonchev–Trinajstić information content (AvgIpc) is 3.20. The first-order valence-electron chi connectivity index (χ1n) is 8.44. The van der Waals surface area contributed by atoms with Gasteiger partial charge in [0.25, 0.3) is 5.22 Å². The number of carbonyl (C=O) groups excluding carboxylic acids is 1. The molecule has 0 aliphatic heterocycles. The van der Waals surface area contributed by atoms with Gasteiger partial charge in [0, 0.05) is 17.2 Å². The summed E-state index contributed by atoms with van der Waals surface area (Å²) in [6, 6.07) is 13.0. The Labute approximate surface area is 161 Å². The van der Waals surface area contributed by atoms with Crippen molar-refractivity contribution in [3.8, 4) is 23.0 Å². The molecule has 1 heterocycles. The van der Waals surface area contributed by atoms with E-state index < -0.39 is 0 Å². The summed E-state index contributed by atoms with van der Waals surface area (Å²) in [4.78, 5) is 12.3. The smallest absolute Gasteiger partial charge is 0.277 e. The Kier molecular flexibility index (Phi) is 6.13. The number of nitrogens with zero attached hydrogens (tertiary/aromatic N) is 2. The van der Waals surface area contributed by atoms with Crippen LogP contribution in [-0.2, 0) is 6.42 Å². The Bertz CT molecular complexity index is 900. The van der Waals surface area contributed by atoms with Gasteiger partial charge >= 0.3 is 0 Å². The number of aromatic nitrogens is 2. The maximum atomic E-state index is 12.3. The van der Waals surface area contributed by atoms with E-state index in [1.165, 1.54) is 17.3 Å². The Balaban J connectivity index is 1.68. The standard InChI is InChI=1S/C20H20N2O4S/c1-4-13-5-7-14(8-6-13)18(23)12-27-20-22-21-19(26-20)15-9-16(24-2)11-17(10-15)25-3/h5-11H,4,12H2,1-3H3. The third-order valence-electron chi connectivity index (χ3n) is 4.02. The van der Waals surface area contributed by atoms with Crippen molar-refractivity contribution in [1.29, 1.82) is 0 Å². The third kappa shape index (κ3) is 4.68. The molecule has 1 aromatic heterocycles. The molecule has 140 valence electrons. The van der Waals surface area contributed by atoms with Crippen molar-refractivity contribution < 1.29 is 18.7 Å². The molecule has 7 heteroatoms. The van der Waals surface area contributed by atoms with Gasteiger partial charge in [0.1, 0.15) is 11.5 Å². The lowest BCUT2D eigenvalue weighted by molar-refractivity contribution is 0.102. The Morgan fingerprint density at radius 3 is 2.30 bits per heavy atom. The van der Waals surface area contributed by atoms with E-state index >= 15 is 0 Å². The topological polar surface area (TPSA) is 74.5 Å². The summed E-state index contributed by atoms with van der Waals surface area (Å²) in [5.41, 5.74) is 2.57. The minimum atomic E-state index is 0.0189. The molecule has 0 N–H and O–H groups in total. The van der Waals surface area contributed by atoms with Crippen molar-refractivity contribution in [2.45, 2.75) is 18.6 Å². The van der Waals surface area contributed by atoms with Gasteiger partial charge in [0.05, 0.1) is 20.0 Å². The number of benzene rings is 2. The number of carbonyl (C=O) groups is 1. The molecule has 0 saturated carbocycles. The summed E-state index contributed by atoms with van der Waals surface area (Å²) >= 11 is 1.22. The Morgan fingerprint density at radius 1 is 1.04 bits per heavy atom. The second-order valence-corrected chi connectivity index (χ2v) is 6.66. The van der Waals surface area contributed by atoms with E-state index in [9.17, 15) is 4.79 Å².